The summed E-state index contributed by atoms with van der Waals surface area (Å²) in [6.45, 7) is 0. The lowest BCUT2D eigenvalue weighted by Crippen LogP contribution is -2.38. The molecule has 0 radical (unpaired) electrons. The normalized spacial score (nSPS) is 10.3. The smallest absolute Gasteiger partial charge is 0.326 e. The number of nitrogens with zero attached hydrogens (tertiary/aromatic N) is 2. The number of nitrogens with one attached hydrogen (secondary N) is 1. The number of aromatic nitrogens is 2. The molecule has 104 valence electrons. The van der Waals surface area contributed by atoms with Crippen molar-refractivity contribution in [1.82, 2.24) is 5.10 Å². The SMILES string of the molecule is Nc1cn[n+](-c2ccccc2)c(Nc2ccccc2)c1Cl. The van der Waals surface area contributed by atoms with Crippen LogP contribution >= 0.6 is 11.6 Å². The largest absolute Gasteiger partial charge is 0.396 e. The van der Waals surface area contributed by atoms with Crippen LogP contribution in [-0.4, -0.2) is 5.10 Å². The number of halogens is 1. The highest BCUT2D eigenvalue weighted by Gasteiger charge is 2.20. The fourth-order valence-corrected chi connectivity index (χ4v) is 2.17. The molecule has 0 unspecified atom stereocenters. The Morgan fingerprint density at radius 1 is 0.952 bits per heavy atom. The highest BCUT2D eigenvalue weighted by atomic mass is 35.5. The minimum Gasteiger partial charge on any atom is -0.396 e. The van der Waals surface area contributed by atoms with Crippen LogP contribution in [0.4, 0.5) is 17.2 Å². The molecule has 5 heteroatoms. The van der Waals surface area contributed by atoms with Gasteiger partial charge in [0.1, 0.15) is 5.69 Å². The summed E-state index contributed by atoms with van der Waals surface area (Å²) < 4.78 is 1.73. The molecule has 0 saturated carbocycles. The van der Waals surface area contributed by atoms with Gasteiger partial charge < -0.3 is 5.73 Å². The number of benzene rings is 2. The number of para-hydroxylation sites is 2. The lowest BCUT2D eigenvalue weighted by atomic mass is 10.3. The quantitative estimate of drug-likeness (QED) is 0.729. The van der Waals surface area contributed by atoms with Crippen LogP contribution in [0.5, 0.6) is 0 Å². The first-order valence-corrected chi connectivity index (χ1v) is 6.87. The number of anilines is 3. The van der Waals surface area contributed by atoms with Crippen molar-refractivity contribution in [1.29, 1.82) is 0 Å². The molecule has 0 aliphatic carbocycles. The van der Waals surface area contributed by atoms with Crippen LogP contribution in [-0.2, 0) is 0 Å². The molecule has 0 saturated heterocycles. The summed E-state index contributed by atoms with van der Waals surface area (Å²) in [6.07, 6.45) is 1.55. The molecule has 0 amide bonds. The summed E-state index contributed by atoms with van der Waals surface area (Å²) in [5.41, 5.74) is 8.12. The molecular weight excluding hydrogens is 284 g/mol. The van der Waals surface area contributed by atoms with Gasteiger partial charge in [-0.2, -0.15) is 0 Å². The topological polar surface area (TPSA) is 54.8 Å². The second-order valence-electron chi connectivity index (χ2n) is 4.50. The van der Waals surface area contributed by atoms with Crippen LogP contribution in [0, 0.1) is 0 Å². The number of hydrogen-bond donors (Lipinski definition) is 2. The summed E-state index contributed by atoms with van der Waals surface area (Å²) >= 11 is 6.35. The predicted molar refractivity (Wildman–Crippen MR) is 84.9 cm³/mol. The van der Waals surface area contributed by atoms with Crippen molar-refractivity contribution in [2.45, 2.75) is 0 Å². The highest BCUT2D eigenvalue weighted by Crippen LogP contribution is 2.27. The maximum atomic E-state index is 6.35. The second-order valence-corrected chi connectivity index (χ2v) is 4.88. The first kappa shape index (κ1) is 13.4. The summed E-state index contributed by atoms with van der Waals surface area (Å²) in [6, 6.07) is 19.5. The van der Waals surface area contributed by atoms with Crippen molar-refractivity contribution in [3.05, 3.63) is 71.9 Å². The van der Waals surface area contributed by atoms with Gasteiger partial charge in [0.15, 0.2) is 10.7 Å². The Hall–Kier alpha value is -2.59. The van der Waals surface area contributed by atoms with E-state index in [-0.39, 0.29) is 0 Å². The number of nitrogen functional groups attached to an aromatic ring is 1. The van der Waals surface area contributed by atoms with Crippen molar-refractivity contribution < 1.29 is 4.68 Å². The maximum Gasteiger partial charge on any atom is 0.326 e. The minimum atomic E-state index is 0.433. The molecule has 3 rings (SSSR count). The van der Waals surface area contributed by atoms with E-state index in [1.165, 1.54) is 0 Å². The Bertz CT molecular complexity index is 745. The van der Waals surface area contributed by atoms with Gasteiger partial charge in [0.2, 0.25) is 0 Å². The van der Waals surface area contributed by atoms with Gasteiger partial charge >= 0.3 is 5.82 Å². The molecule has 1 heterocycles. The Labute approximate surface area is 127 Å². The van der Waals surface area contributed by atoms with E-state index in [1.54, 1.807) is 10.9 Å². The van der Waals surface area contributed by atoms with Crippen LogP contribution in [0.1, 0.15) is 0 Å². The van der Waals surface area contributed by atoms with E-state index in [4.69, 9.17) is 17.3 Å². The van der Waals surface area contributed by atoms with E-state index in [1.807, 2.05) is 60.7 Å². The van der Waals surface area contributed by atoms with E-state index in [9.17, 15) is 0 Å². The van der Waals surface area contributed by atoms with Gasteiger partial charge in [-0.15, -0.1) is 0 Å². The molecule has 21 heavy (non-hydrogen) atoms. The first-order chi connectivity index (χ1) is 10.3. The summed E-state index contributed by atoms with van der Waals surface area (Å²) in [5, 5.41) is 8.06. The molecule has 0 aliphatic rings. The van der Waals surface area contributed by atoms with E-state index >= 15 is 0 Å². The zero-order valence-corrected chi connectivity index (χ0v) is 12.0. The average Bonchev–Trinajstić information content (AvgIpc) is 2.54. The molecule has 0 atom stereocenters. The van der Waals surface area contributed by atoms with Crippen molar-refractivity contribution in [2.75, 3.05) is 11.1 Å². The molecule has 0 fully saturated rings. The van der Waals surface area contributed by atoms with Gasteiger partial charge in [0.05, 0.1) is 11.9 Å². The van der Waals surface area contributed by atoms with Gasteiger partial charge in [-0.3, -0.25) is 0 Å². The molecule has 4 nitrogen and oxygen atoms in total. The Morgan fingerprint density at radius 2 is 1.57 bits per heavy atom. The first-order valence-electron chi connectivity index (χ1n) is 6.49. The van der Waals surface area contributed by atoms with Gasteiger partial charge in [0.25, 0.3) is 0 Å². The summed E-state index contributed by atoms with van der Waals surface area (Å²) in [7, 11) is 0. The summed E-state index contributed by atoms with van der Waals surface area (Å²) in [5.74, 6) is 0.633. The third-order valence-corrected chi connectivity index (χ3v) is 3.42. The molecule has 0 aliphatic heterocycles. The molecule has 3 N–H and O–H groups in total. The monoisotopic (exact) mass is 297 g/mol. The van der Waals surface area contributed by atoms with Crippen LogP contribution in [0.3, 0.4) is 0 Å². The fraction of sp³-hybridized carbons (Fsp3) is 0. The van der Waals surface area contributed by atoms with Gasteiger partial charge in [-0.25, -0.2) is 5.32 Å². The Kier molecular flexibility index (Phi) is 3.71. The molecule has 0 spiro atoms. The number of hydrogen-bond acceptors (Lipinski definition) is 3. The van der Waals surface area contributed by atoms with Crippen molar-refractivity contribution in [2.24, 2.45) is 0 Å². The molecule has 0 bridgehead atoms. The molecular formula is C16H14ClN4+. The van der Waals surface area contributed by atoms with Crippen molar-refractivity contribution in [3.63, 3.8) is 0 Å². The van der Waals surface area contributed by atoms with E-state index in [0.717, 1.165) is 11.4 Å². The highest BCUT2D eigenvalue weighted by molar-refractivity contribution is 6.35. The molecule has 1 aromatic heterocycles. The lowest BCUT2D eigenvalue weighted by molar-refractivity contribution is -0.645. The molecule has 3 aromatic rings. The van der Waals surface area contributed by atoms with Crippen molar-refractivity contribution in [3.8, 4) is 5.69 Å². The second kappa shape index (κ2) is 5.81. The maximum absolute atomic E-state index is 6.35. The molecule has 2 aromatic carbocycles. The van der Waals surface area contributed by atoms with Gasteiger partial charge in [0, 0.05) is 0 Å². The predicted octanol–water partition coefficient (Wildman–Crippen LogP) is 3.34. The Morgan fingerprint density at radius 3 is 2.24 bits per heavy atom. The summed E-state index contributed by atoms with van der Waals surface area (Å²) in [4.78, 5) is 0. The van der Waals surface area contributed by atoms with E-state index < -0.39 is 0 Å². The zero-order valence-electron chi connectivity index (χ0n) is 11.2. The van der Waals surface area contributed by atoms with E-state index in [2.05, 4.69) is 10.4 Å². The minimum absolute atomic E-state index is 0.433. The van der Waals surface area contributed by atoms with Gasteiger partial charge in [-0.05, 0) is 24.3 Å². The van der Waals surface area contributed by atoms with Crippen molar-refractivity contribution >= 4 is 28.8 Å². The third-order valence-electron chi connectivity index (χ3n) is 3.02. The third kappa shape index (κ3) is 2.80. The van der Waals surface area contributed by atoms with Gasteiger partial charge in [-0.1, -0.05) is 57.8 Å². The number of rotatable bonds is 3. The van der Waals surface area contributed by atoms with E-state index in [0.29, 0.717) is 16.5 Å². The standard InChI is InChI=1S/C16H13ClN4/c17-15-14(18)11-19-21(13-9-5-2-6-10-13)16(15)20-12-7-3-1-4-8-12/h1-11H,(H2,18,20)/p+1. The van der Waals surface area contributed by atoms with Crippen LogP contribution in [0.25, 0.3) is 5.69 Å². The van der Waals surface area contributed by atoms with Crippen LogP contribution in [0.2, 0.25) is 5.02 Å². The van der Waals surface area contributed by atoms with Crippen LogP contribution in [0.15, 0.2) is 66.9 Å². The number of nitrogens with two attached hydrogens (primary N) is 1. The fourth-order valence-electron chi connectivity index (χ4n) is 2.00. The lowest BCUT2D eigenvalue weighted by Gasteiger charge is -2.08. The Balaban J connectivity index is 2.11. The average molecular weight is 298 g/mol. The van der Waals surface area contributed by atoms with Crippen LogP contribution < -0.4 is 15.7 Å². The zero-order chi connectivity index (χ0) is 14.7.